The van der Waals surface area contributed by atoms with Gasteiger partial charge < -0.3 is 14.9 Å². The number of carbonyl (C=O) groups is 1. The Labute approximate surface area is 90.6 Å². The molecule has 15 heavy (non-hydrogen) atoms. The maximum absolute atomic E-state index is 10.7. The minimum atomic E-state index is -0.998. The summed E-state index contributed by atoms with van der Waals surface area (Å²) in [7, 11) is 0. The predicted octanol–water partition coefficient (Wildman–Crippen LogP) is 1.93. The van der Waals surface area contributed by atoms with E-state index >= 15 is 0 Å². The van der Waals surface area contributed by atoms with Gasteiger partial charge in [0.15, 0.2) is 0 Å². The van der Waals surface area contributed by atoms with E-state index in [-0.39, 0.29) is 12.0 Å². The van der Waals surface area contributed by atoms with Gasteiger partial charge in [0, 0.05) is 6.42 Å². The van der Waals surface area contributed by atoms with Crippen LogP contribution in [0.15, 0.2) is 11.3 Å². The number of aliphatic carboxylic acids is 1. The number of ether oxygens (including phenoxy) is 1. The summed E-state index contributed by atoms with van der Waals surface area (Å²) >= 11 is 0. The van der Waals surface area contributed by atoms with E-state index in [9.17, 15) is 9.90 Å². The Morgan fingerprint density at radius 3 is 2.47 bits per heavy atom. The van der Waals surface area contributed by atoms with E-state index in [2.05, 4.69) is 0 Å². The lowest BCUT2D eigenvalue weighted by Crippen LogP contribution is -2.10. The lowest BCUT2D eigenvalue weighted by Gasteiger charge is -2.13. The molecule has 0 amide bonds. The van der Waals surface area contributed by atoms with Crippen molar-refractivity contribution < 1.29 is 19.7 Å². The summed E-state index contributed by atoms with van der Waals surface area (Å²) in [6, 6.07) is 0. The molecule has 4 heteroatoms. The molecule has 0 radical (unpaired) electrons. The fourth-order valence-corrected chi connectivity index (χ4v) is 1.05. The molecule has 0 rings (SSSR count). The van der Waals surface area contributed by atoms with E-state index in [4.69, 9.17) is 9.84 Å². The smallest absolute Gasteiger partial charge is 0.334 e. The number of rotatable bonds is 7. The van der Waals surface area contributed by atoms with Crippen LogP contribution in [0, 0.1) is 0 Å². The van der Waals surface area contributed by atoms with Crippen molar-refractivity contribution >= 4 is 5.97 Å². The van der Waals surface area contributed by atoms with E-state index in [1.54, 1.807) is 6.92 Å². The molecule has 0 aromatic carbocycles. The van der Waals surface area contributed by atoms with Crippen LogP contribution in [0.1, 0.15) is 40.0 Å². The van der Waals surface area contributed by atoms with Gasteiger partial charge in [0.25, 0.3) is 0 Å². The first-order valence-electron chi connectivity index (χ1n) is 5.22. The Bertz CT molecular complexity index is 231. The maximum atomic E-state index is 10.7. The number of carboxylic acid groups (broad SMARTS) is 1. The van der Waals surface area contributed by atoms with Gasteiger partial charge in [-0.3, -0.25) is 0 Å². The van der Waals surface area contributed by atoms with Crippen molar-refractivity contribution in [3.63, 3.8) is 0 Å². The summed E-state index contributed by atoms with van der Waals surface area (Å²) in [4.78, 5) is 10.7. The summed E-state index contributed by atoms with van der Waals surface area (Å²) in [6.45, 7) is 5.64. The second-order valence-electron chi connectivity index (χ2n) is 3.61. The molecule has 0 bridgehead atoms. The molecule has 0 aliphatic rings. The quantitative estimate of drug-likeness (QED) is 0.387. The zero-order valence-electron chi connectivity index (χ0n) is 9.62. The van der Waals surface area contributed by atoms with Crippen molar-refractivity contribution in [1.29, 1.82) is 0 Å². The second kappa shape index (κ2) is 7.29. The minimum Gasteiger partial charge on any atom is -0.497 e. The van der Waals surface area contributed by atoms with Crippen LogP contribution < -0.4 is 0 Å². The first-order valence-corrected chi connectivity index (χ1v) is 5.22. The van der Waals surface area contributed by atoms with Crippen LogP contribution in [0.5, 0.6) is 0 Å². The first-order chi connectivity index (χ1) is 6.99. The summed E-state index contributed by atoms with van der Waals surface area (Å²) < 4.78 is 5.36. The Balaban J connectivity index is 4.43. The van der Waals surface area contributed by atoms with E-state index < -0.39 is 12.1 Å². The SMILES string of the molecule is CCCCOC(CC(C)O)=C(C)C(=O)O. The number of aliphatic hydroxyl groups excluding tert-OH is 1. The molecule has 0 fully saturated rings. The average molecular weight is 216 g/mol. The minimum absolute atomic E-state index is 0.173. The zero-order chi connectivity index (χ0) is 11.8. The number of hydrogen-bond acceptors (Lipinski definition) is 3. The maximum Gasteiger partial charge on any atom is 0.334 e. The number of aliphatic hydroxyl groups is 1. The number of unbranched alkanes of at least 4 members (excludes halogenated alkanes) is 1. The van der Waals surface area contributed by atoms with E-state index in [1.807, 2.05) is 6.92 Å². The highest BCUT2D eigenvalue weighted by molar-refractivity contribution is 5.86. The third kappa shape index (κ3) is 6.12. The largest absolute Gasteiger partial charge is 0.497 e. The molecule has 0 spiro atoms. The Hall–Kier alpha value is -1.03. The van der Waals surface area contributed by atoms with Crippen molar-refractivity contribution in [2.45, 2.75) is 46.1 Å². The fraction of sp³-hybridized carbons (Fsp3) is 0.727. The van der Waals surface area contributed by atoms with Crippen molar-refractivity contribution in [1.82, 2.24) is 0 Å². The third-order valence-corrected chi connectivity index (χ3v) is 1.99. The predicted molar refractivity (Wildman–Crippen MR) is 57.5 cm³/mol. The van der Waals surface area contributed by atoms with E-state index in [0.717, 1.165) is 12.8 Å². The summed E-state index contributed by atoms with van der Waals surface area (Å²) in [5.41, 5.74) is 0.173. The van der Waals surface area contributed by atoms with Crippen molar-refractivity contribution in [2.75, 3.05) is 6.61 Å². The standard InChI is InChI=1S/C11H20O4/c1-4-5-6-15-10(7-8(2)12)9(3)11(13)14/h8,12H,4-7H2,1-3H3,(H,13,14). The van der Waals surface area contributed by atoms with Crippen LogP contribution in [-0.2, 0) is 9.53 Å². The van der Waals surface area contributed by atoms with Gasteiger partial charge in [0.2, 0.25) is 0 Å². The van der Waals surface area contributed by atoms with Gasteiger partial charge in [0.05, 0.1) is 18.3 Å². The lowest BCUT2D eigenvalue weighted by atomic mass is 10.1. The molecule has 4 nitrogen and oxygen atoms in total. The van der Waals surface area contributed by atoms with Crippen LogP contribution in [0.2, 0.25) is 0 Å². The molecule has 0 aliphatic carbocycles. The fourth-order valence-electron chi connectivity index (χ4n) is 1.05. The molecule has 1 atom stereocenters. The molecular formula is C11H20O4. The van der Waals surface area contributed by atoms with Gasteiger partial charge in [-0.15, -0.1) is 0 Å². The molecule has 0 aliphatic heterocycles. The van der Waals surface area contributed by atoms with Crippen LogP contribution in [0.3, 0.4) is 0 Å². The monoisotopic (exact) mass is 216 g/mol. The molecular weight excluding hydrogens is 196 g/mol. The molecule has 2 N–H and O–H groups in total. The van der Waals surface area contributed by atoms with Crippen molar-refractivity contribution in [3.8, 4) is 0 Å². The molecule has 0 saturated carbocycles. The molecule has 0 saturated heterocycles. The van der Waals surface area contributed by atoms with E-state index in [0.29, 0.717) is 12.4 Å². The highest BCUT2D eigenvalue weighted by Crippen LogP contribution is 2.14. The lowest BCUT2D eigenvalue weighted by molar-refractivity contribution is -0.132. The molecule has 1 unspecified atom stereocenters. The molecule has 0 aromatic rings. The van der Waals surface area contributed by atoms with Gasteiger partial charge in [-0.05, 0) is 20.3 Å². The normalized spacial score (nSPS) is 14.4. The van der Waals surface area contributed by atoms with Gasteiger partial charge in [-0.25, -0.2) is 4.79 Å². The van der Waals surface area contributed by atoms with Crippen LogP contribution in [-0.4, -0.2) is 28.9 Å². The summed E-state index contributed by atoms with van der Waals surface area (Å²) in [5.74, 6) is -0.618. The summed E-state index contributed by atoms with van der Waals surface area (Å²) in [6.07, 6.45) is 1.54. The van der Waals surface area contributed by atoms with Gasteiger partial charge in [0.1, 0.15) is 5.76 Å². The van der Waals surface area contributed by atoms with E-state index in [1.165, 1.54) is 6.92 Å². The van der Waals surface area contributed by atoms with Gasteiger partial charge in [-0.2, -0.15) is 0 Å². The topological polar surface area (TPSA) is 66.8 Å². The van der Waals surface area contributed by atoms with Gasteiger partial charge >= 0.3 is 5.97 Å². The van der Waals surface area contributed by atoms with Crippen molar-refractivity contribution in [2.24, 2.45) is 0 Å². The van der Waals surface area contributed by atoms with Crippen LogP contribution in [0.4, 0.5) is 0 Å². The summed E-state index contributed by atoms with van der Waals surface area (Å²) in [5, 5.41) is 18.0. The molecule has 0 heterocycles. The molecule has 0 aromatic heterocycles. The second-order valence-corrected chi connectivity index (χ2v) is 3.61. The first kappa shape index (κ1) is 14.0. The van der Waals surface area contributed by atoms with Gasteiger partial charge in [-0.1, -0.05) is 13.3 Å². The van der Waals surface area contributed by atoms with Crippen molar-refractivity contribution in [3.05, 3.63) is 11.3 Å². The molecule has 88 valence electrons. The highest BCUT2D eigenvalue weighted by Gasteiger charge is 2.12. The highest BCUT2D eigenvalue weighted by atomic mass is 16.5. The zero-order valence-corrected chi connectivity index (χ0v) is 9.62. The average Bonchev–Trinajstić information content (AvgIpc) is 2.14. The van der Waals surface area contributed by atoms with Crippen LogP contribution >= 0.6 is 0 Å². The third-order valence-electron chi connectivity index (χ3n) is 1.99. The Morgan fingerprint density at radius 2 is 2.07 bits per heavy atom. The Kier molecular flexibility index (Phi) is 6.79. The number of carboxylic acids is 1. The van der Waals surface area contributed by atoms with Crippen LogP contribution in [0.25, 0.3) is 0 Å². The Morgan fingerprint density at radius 1 is 1.47 bits per heavy atom. The number of hydrogen-bond donors (Lipinski definition) is 2.